The molecule has 3 nitrogen and oxygen atoms in total. The Balaban J connectivity index is 1.85. The van der Waals surface area contributed by atoms with Crippen LogP contribution in [0.15, 0.2) is 18.2 Å². The van der Waals surface area contributed by atoms with Crippen molar-refractivity contribution in [2.24, 2.45) is 0 Å². The monoisotopic (exact) mass is 279 g/mol. The van der Waals surface area contributed by atoms with Crippen LogP contribution in [0.4, 0.5) is 0 Å². The van der Waals surface area contributed by atoms with Gasteiger partial charge in [-0.15, -0.1) is 0 Å². The predicted octanol–water partition coefficient (Wildman–Crippen LogP) is 2.66. The van der Waals surface area contributed by atoms with Crippen LogP contribution in [0.1, 0.15) is 49.3 Å². The molecule has 2 aliphatic rings. The van der Waals surface area contributed by atoms with E-state index in [0.29, 0.717) is 19.0 Å². The second kappa shape index (κ2) is 4.60. The van der Waals surface area contributed by atoms with Gasteiger partial charge in [-0.25, -0.2) is 8.42 Å². The molecule has 1 aromatic carbocycles. The molecule has 3 rings (SSSR count). The largest absolute Gasteiger partial charge is 0.217 e. The molecule has 1 heterocycles. The molecule has 0 spiro atoms. The van der Waals surface area contributed by atoms with Crippen LogP contribution < -0.4 is 0 Å². The molecule has 4 heteroatoms. The van der Waals surface area contributed by atoms with Crippen molar-refractivity contribution in [3.63, 3.8) is 0 Å². The highest BCUT2D eigenvalue weighted by Crippen LogP contribution is 2.34. The minimum absolute atomic E-state index is 0.0935. The fourth-order valence-corrected chi connectivity index (χ4v) is 4.52. The second-order valence-corrected chi connectivity index (χ2v) is 8.22. The normalized spacial score (nSPS) is 20.6. The molecular formula is C15H21NO2S. The topological polar surface area (TPSA) is 37.4 Å². The number of rotatable bonds is 3. The van der Waals surface area contributed by atoms with E-state index in [1.165, 1.54) is 16.7 Å². The molecule has 0 amide bonds. The molecule has 1 fully saturated rings. The molecule has 0 aromatic heterocycles. The fraction of sp³-hybridized carbons (Fsp3) is 0.600. The van der Waals surface area contributed by atoms with E-state index in [1.54, 1.807) is 4.31 Å². The Hall–Kier alpha value is -0.870. The lowest BCUT2D eigenvalue weighted by Crippen LogP contribution is -2.38. The molecule has 1 aliphatic heterocycles. The summed E-state index contributed by atoms with van der Waals surface area (Å²) in [7, 11) is -3.02. The highest BCUT2D eigenvalue weighted by atomic mass is 32.2. The average molecular weight is 279 g/mol. The first-order chi connectivity index (χ1) is 8.98. The van der Waals surface area contributed by atoms with Crippen LogP contribution in [0.3, 0.4) is 0 Å². The van der Waals surface area contributed by atoms with Crippen molar-refractivity contribution in [2.45, 2.75) is 50.8 Å². The maximum absolute atomic E-state index is 12.3. The Bertz CT molecular complexity index is 588. The van der Waals surface area contributed by atoms with E-state index in [-0.39, 0.29) is 5.25 Å². The van der Waals surface area contributed by atoms with Crippen molar-refractivity contribution in [3.8, 4) is 0 Å². The highest BCUT2D eigenvalue weighted by molar-refractivity contribution is 7.90. The van der Waals surface area contributed by atoms with E-state index in [4.69, 9.17) is 0 Å². The van der Waals surface area contributed by atoms with Crippen molar-refractivity contribution < 1.29 is 8.42 Å². The van der Waals surface area contributed by atoms with Crippen molar-refractivity contribution in [3.05, 3.63) is 34.9 Å². The number of hydrogen-bond donors (Lipinski definition) is 0. The molecule has 0 radical (unpaired) electrons. The van der Waals surface area contributed by atoms with E-state index in [2.05, 4.69) is 32.0 Å². The number of benzene rings is 1. The summed E-state index contributed by atoms with van der Waals surface area (Å²) < 4.78 is 26.2. The number of fused-ring (bicyclic) bond motifs is 1. The zero-order valence-electron chi connectivity index (χ0n) is 11.6. The van der Waals surface area contributed by atoms with Crippen molar-refractivity contribution >= 4 is 10.0 Å². The third-order valence-corrected chi connectivity index (χ3v) is 6.53. The maximum atomic E-state index is 12.3. The van der Waals surface area contributed by atoms with Crippen LogP contribution in [0.25, 0.3) is 0 Å². The van der Waals surface area contributed by atoms with E-state index in [1.807, 2.05) is 0 Å². The highest BCUT2D eigenvalue weighted by Gasteiger charge is 2.40. The molecule has 0 saturated heterocycles. The summed E-state index contributed by atoms with van der Waals surface area (Å²) >= 11 is 0. The molecule has 0 unspecified atom stereocenters. The first-order valence-electron chi connectivity index (χ1n) is 7.09. The van der Waals surface area contributed by atoms with E-state index in [9.17, 15) is 8.42 Å². The summed E-state index contributed by atoms with van der Waals surface area (Å²) in [5.74, 6) is 0.526. The fourth-order valence-electron chi connectivity index (χ4n) is 2.70. The molecule has 19 heavy (non-hydrogen) atoms. The van der Waals surface area contributed by atoms with E-state index in [0.717, 1.165) is 19.3 Å². The predicted molar refractivity (Wildman–Crippen MR) is 76.6 cm³/mol. The van der Waals surface area contributed by atoms with Crippen molar-refractivity contribution in [1.82, 2.24) is 4.31 Å². The van der Waals surface area contributed by atoms with Crippen LogP contribution in [-0.4, -0.2) is 24.5 Å². The minimum atomic E-state index is -3.02. The Kier molecular flexibility index (Phi) is 3.18. The number of nitrogens with zero attached hydrogens (tertiary/aromatic N) is 1. The molecular weight excluding hydrogens is 258 g/mol. The van der Waals surface area contributed by atoms with Crippen LogP contribution in [-0.2, 0) is 23.0 Å². The van der Waals surface area contributed by atoms with Gasteiger partial charge < -0.3 is 0 Å². The zero-order valence-corrected chi connectivity index (χ0v) is 12.4. The smallest absolute Gasteiger partial charge is 0.212 e. The lowest BCUT2D eigenvalue weighted by Gasteiger charge is -2.28. The molecule has 0 atom stereocenters. The first kappa shape index (κ1) is 13.1. The van der Waals surface area contributed by atoms with Gasteiger partial charge in [-0.05, 0) is 41.9 Å². The van der Waals surface area contributed by atoms with Crippen molar-refractivity contribution in [2.75, 3.05) is 6.54 Å². The minimum Gasteiger partial charge on any atom is -0.212 e. The summed E-state index contributed by atoms with van der Waals surface area (Å²) in [6.45, 7) is 5.59. The van der Waals surface area contributed by atoms with Gasteiger partial charge in [-0.3, -0.25) is 0 Å². The summed E-state index contributed by atoms with van der Waals surface area (Å²) in [5, 5.41) is -0.0935. The van der Waals surface area contributed by atoms with Gasteiger partial charge in [-0.2, -0.15) is 4.31 Å². The van der Waals surface area contributed by atoms with Gasteiger partial charge in [0.05, 0.1) is 5.25 Å². The van der Waals surface area contributed by atoms with Crippen LogP contribution in [0, 0.1) is 0 Å². The van der Waals surface area contributed by atoms with E-state index < -0.39 is 10.0 Å². The zero-order chi connectivity index (χ0) is 13.6. The Morgan fingerprint density at radius 3 is 2.58 bits per heavy atom. The van der Waals surface area contributed by atoms with Gasteiger partial charge in [0.1, 0.15) is 0 Å². The number of sulfonamides is 1. The van der Waals surface area contributed by atoms with Gasteiger partial charge >= 0.3 is 0 Å². The standard InChI is InChI=1S/C15H21NO2S/c1-11(2)12-3-4-14-10-16(8-7-13(14)9-12)19(17,18)15-5-6-15/h3-4,9,11,15H,5-8,10H2,1-2H3. The van der Waals surface area contributed by atoms with Gasteiger partial charge in [0.15, 0.2) is 0 Å². The maximum Gasteiger partial charge on any atom is 0.217 e. The van der Waals surface area contributed by atoms with Crippen LogP contribution in [0.2, 0.25) is 0 Å². The third kappa shape index (κ3) is 2.43. The van der Waals surface area contributed by atoms with E-state index >= 15 is 0 Å². The molecule has 104 valence electrons. The average Bonchev–Trinajstić information content (AvgIpc) is 3.22. The second-order valence-electron chi connectivity index (χ2n) is 6.01. The molecule has 0 bridgehead atoms. The van der Waals surface area contributed by atoms with Gasteiger partial charge in [0.25, 0.3) is 0 Å². The molecule has 1 saturated carbocycles. The number of hydrogen-bond acceptors (Lipinski definition) is 2. The Morgan fingerprint density at radius 1 is 1.21 bits per heavy atom. The van der Waals surface area contributed by atoms with Gasteiger partial charge in [-0.1, -0.05) is 32.0 Å². The van der Waals surface area contributed by atoms with Crippen molar-refractivity contribution in [1.29, 1.82) is 0 Å². The lowest BCUT2D eigenvalue weighted by molar-refractivity contribution is 0.390. The quantitative estimate of drug-likeness (QED) is 0.853. The van der Waals surface area contributed by atoms with Gasteiger partial charge in [0.2, 0.25) is 10.0 Å². The molecule has 1 aromatic rings. The SMILES string of the molecule is CC(C)c1ccc2c(c1)CCN(S(=O)(=O)C1CC1)C2. The molecule has 1 aliphatic carbocycles. The Morgan fingerprint density at radius 2 is 1.95 bits per heavy atom. The Labute approximate surface area is 115 Å². The summed E-state index contributed by atoms with van der Waals surface area (Å²) in [5.41, 5.74) is 3.85. The van der Waals surface area contributed by atoms with Gasteiger partial charge in [0, 0.05) is 13.1 Å². The summed E-state index contributed by atoms with van der Waals surface area (Å²) in [6, 6.07) is 6.50. The van der Waals surface area contributed by atoms with Crippen LogP contribution in [0.5, 0.6) is 0 Å². The van der Waals surface area contributed by atoms with Crippen LogP contribution >= 0.6 is 0 Å². The summed E-state index contributed by atoms with van der Waals surface area (Å²) in [4.78, 5) is 0. The molecule has 0 N–H and O–H groups in total. The summed E-state index contributed by atoms with van der Waals surface area (Å²) in [6.07, 6.45) is 2.54. The third-order valence-electron chi connectivity index (χ3n) is 4.18. The first-order valence-corrected chi connectivity index (χ1v) is 8.59. The lowest BCUT2D eigenvalue weighted by atomic mass is 9.94.